The van der Waals surface area contributed by atoms with Gasteiger partial charge in [-0.25, -0.2) is 4.98 Å². The second-order valence-electron chi connectivity index (χ2n) is 6.39. The van der Waals surface area contributed by atoms with Gasteiger partial charge >= 0.3 is 0 Å². The molecule has 1 saturated heterocycles. The molecule has 102 valence electrons. The average Bonchev–Trinajstić information content (AvgIpc) is 2.87. The molecule has 1 aliphatic heterocycles. The van der Waals surface area contributed by atoms with Crippen molar-refractivity contribution >= 4 is 23.1 Å². The molecule has 1 atom stereocenters. The summed E-state index contributed by atoms with van der Waals surface area (Å²) < 4.78 is 0.456. The summed E-state index contributed by atoms with van der Waals surface area (Å²) in [6.07, 6.45) is 4.75. The minimum atomic E-state index is 0.177. The van der Waals surface area contributed by atoms with Gasteiger partial charge in [0.15, 0.2) is 0 Å². The van der Waals surface area contributed by atoms with E-state index >= 15 is 0 Å². The normalized spacial score (nSPS) is 24.7. The second kappa shape index (κ2) is 5.51. The van der Waals surface area contributed by atoms with Crippen molar-refractivity contribution in [1.82, 2.24) is 10.3 Å². The molecule has 0 amide bonds. The molecule has 4 heteroatoms. The SMILES string of the molecule is CC1(CNCc2cnc(C(C)(C)C)s2)CCCS1. The van der Waals surface area contributed by atoms with E-state index < -0.39 is 0 Å². The molecule has 1 aromatic heterocycles. The lowest BCUT2D eigenvalue weighted by atomic mass is 9.98. The number of hydrogen-bond donors (Lipinski definition) is 1. The molecule has 0 aliphatic carbocycles. The second-order valence-corrected chi connectivity index (χ2v) is 9.18. The monoisotopic (exact) mass is 284 g/mol. The summed E-state index contributed by atoms with van der Waals surface area (Å²) >= 11 is 3.96. The van der Waals surface area contributed by atoms with Gasteiger partial charge in [-0.2, -0.15) is 11.8 Å². The van der Waals surface area contributed by atoms with E-state index in [0.717, 1.165) is 13.1 Å². The van der Waals surface area contributed by atoms with Crippen LogP contribution in [0.5, 0.6) is 0 Å². The van der Waals surface area contributed by atoms with Crippen LogP contribution in [0.2, 0.25) is 0 Å². The minimum Gasteiger partial charge on any atom is -0.310 e. The quantitative estimate of drug-likeness (QED) is 0.910. The zero-order chi connectivity index (χ0) is 13.2. The Labute approximate surface area is 119 Å². The molecule has 2 heterocycles. The molecular formula is C14H24N2S2. The van der Waals surface area contributed by atoms with Crippen molar-refractivity contribution in [2.24, 2.45) is 0 Å². The number of nitrogens with one attached hydrogen (secondary N) is 1. The predicted molar refractivity (Wildman–Crippen MR) is 82.6 cm³/mol. The van der Waals surface area contributed by atoms with Crippen molar-refractivity contribution in [3.05, 3.63) is 16.1 Å². The lowest BCUT2D eigenvalue weighted by Crippen LogP contribution is -2.32. The Bertz CT molecular complexity index is 387. The molecule has 1 unspecified atom stereocenters. The summed E-state index contributed by atoms with van der Waals surface area (Å²) in [5.41, 5.74) is 0.177. The molecule has 1 aromatic rings. The fourth-order valence-electron chi connectivity index (χ4n) is 2.16. The third-order valence-electron chi connectivity index (χ3n) is 3.29. The van der Waals surface area contributed by atoms with Crippen molar-refractivity contribution in [2.75, 3.05) is 12.3 Å². The van der Waals surface area contributed by atoms with E-state index in [1.54, 1.807) is 0 Å². The molecule has 2 nitrogen and oxygen atoms in total. The van der Waals surface area contributed by atoms with Gasteiger partial charge in [0.25, 0.3) is 0 Å². The third kappa shape index (κ3) is 3.72. The maximum Gasteiger partial charge on any atom is 0.0981 e. The highest BCUT2D eigenvalue weighted by molar-refractivity contribution is 8.00. The van der Waals surface area contributed by atoms with Crippen molar-refractivity contribution < 1.29 is 0 Å². The van der Waals surface area contributed by atoms with Gasteiger partial charge in [0, 0.05) is 34.3 Å². The highest BCUT2D eigenvalue weighted by Crippen LogP contribution is 2.37. The predicted octanol–water partition coefficient (Wildman–Crippen LogP) is 3.82. The van der Waals surface area contributed by atoms with E-state index in [9.17, 15) is 0 Å². The Balaban J connectivity index is 1.82. The summed E-state index contributed by atoms with van der Waals surface area (Å²) in [6.45, 7) is 11.1. The van der Waals surface area contributed by atoms with Gasteiger partial charge in [-0.1, -0.05) is 20.8 Å². The largest absolute Gasteiger partial charge is 0.310 e. The Hall–Kier alpha value is -0.0600. The van der Waals surface area contributed by atoms with Gasteiger partial charge in [0.2, 0.25) is 0 Å². The Kier molecular flexibility index (Phi) is 4.40. The zero-order valence-electron chi connectivity index (χ0n) is 11.9. The van der Waals surface area contributed by atoms with Crippen LogP contribution < -0.4 is 5.32 Å². The lowest BCUT2D eigenvalue weighted by molar-refractivity contribution is 0.539. The van der Waals surface area contributed by atoms with Gasteiger partial charge in [0.05, 0.1) is 5.01 Å². The van der Waals surface area contributed by atoms with E-state index in [0.29, 0.717) is 4.75 Å². The highest BCUT2D eigenvalue weighted by atomic mass is 32.2. The van der Waals surface area contributed by atoms with Crippen LogP contribution in [0, 0.1) is 0 Å². The number of thioether (sulfide) groups is 1. The fourth-order valence-corrected chi connectivity index (χ4v) is 4.38. The van der Waals surface area contributed by atoms with Crippen molar-refractivity contribution in [3.8, 4) is 0 Å². The van der Waals surface area contributed by atoms with Crippen LogP contribution in [0.1, 0.15) is 50.4 Å². The van der Waals surface area contributed by atoms with Gasteiger partial charge in [-0.05, 0) is 25.5 Å². The Morgan fingerprint density at radius 2 is 2.22 bits per heavy atom. The molecule has 1 aliphatic rings. The van der Waals surface area contributed by atoms with E-state index in [-0.39, 0.29) is 5.41 Å². The summed E-state index contributed by atoms with van der Waals surface area (Å²) in [7, 11) is 0. The van der Waals surface area contributed by atoms with E-state index in [1.807, 2.05) is 17.5 Å². The van der Waals surface area contributed by atoms with Crippen LogP contribution >= 0.6 is 23.1 Å². The van der Waals surface area contributed by atoms with Gasteiger partial charge < -0.3 is 5.32 Å². The molecule has 0 spiro atoms. The van der Waals surface area contributed by atoms with Crippen LogP contribution in [-0.4, -0.2) is 22.0 Å². The molecule has 0 bridgehead atoms. The molecule has 1 N–H and O–H groups in total. The van der Waals surface area contributed by atoms with E-state index in [2.05, 4.69) is 49.8 Å². The van der Waals surface area contributed by atoms with E-state index in [1.165, 1.54) is 28.5 Å². The first-order chi connectivity index (χ1) is 8.39. The van der Waals surface area contributed by atoms with Crippen molar-refractivity contribution in [2.45, 2.75) is 57.2 Å². The maximum absolute atomic E-state index is 4.53. The number of nitrogens with zero attached hydrogens (tertiary/aromatic N) is 1. The summed E-state index contributed by atoms with van der Waals surface area (Å²) in [4.78, 5) is 5.88. The van der Waals surface area contributed by atoms with Crippen LogP contribution in [0.3, 0.4) is 0 Å². The number of thiazole rings is 1. The average molecular weight is 284 g/mol. The van der Waals surface area contributed by atoms with Gasteiger partial charge in [-0.15, -0.1) is 11.3 Å². The number of hydrogen-bond acceptors (Lipinski definition) is 4. The minimum absolute atomic E-state index is 0.177. The van der Waals surface area contributed by atoms with Crippen LogP contribution in [0.25, 0.3) is 0 Å². The summed E-state index contributed by atoms with van der Waals surface area (Å²) in [5.74, 6) is 1.33. The third-order valence-corrected chi connectivity index (χ3v) is 6.26. The first-order valence-corrected chi connectivity index (χ1v) is 8.49. The molecule has 0 aromatic carbocycles. The topological polar surface area (TPSA) is 24.9 Å². The van der Waals surface area contributed by atoms with E-state index in [4.69, 9.17) is 0 Å². The van der Waals surface area contributed by atoms with Gasteiger partial charge in [0.1, 0.15) is 0 Å². The molecule has 2 rings (SSSR count). The fraction of sp³-hybridized carbons (Fsp3) is 0.786. The van der Waals surface area contributed by atoms with Crippen LogP contribution in [0.4, 0.5) is 0 Å². The summed E-state index contributed by atoms with van der Waals surface area (Å²) in [6, 6.07) is 0. The zero-order valence-corrected chi connectivity index (χ0v) is 13.5. The maximum atomic E-state index is 4.53. The number of rotatable bonds is 4. The molecule has 1 fully saturated rings. The number of aromatic nitrogens is 1. The molecule has 0 saturated carbocycles. The molecule has 0 radical (unpaired) electrons. The first-order valence-electron chi connectivity index (χ1n) is 6.69. The Morgan fingerprint density at radius 3 is 2.78 bits per heavy atom. The smallest absolute Gasteiger partial charge is 0.0981 e. The Morgan fingerprint density at radius 1 is 1.44 bits per heavy atom. The van der Waals surface area contributed by atoms with Crippen LogP contribution in [-0.2, 0) is 12.0 Å². The van der Waals surface area contributed by atoms with Crippen molar-refractivity contribution in [3.63, 3.8) is 0 Å². The molecular weight excluding hydrogens is 260 g/mol. The van der Waals surface area contributed by atoms with Gasteiger partial charge in [-0.3, -0.25) is 0 Å². The first kappa shape index (κ1) is 14.4. The van der Waals surface area contributed by atoms with Crippen molar-refractivity contribution in [1.29, 1.82) is 0 Å². The highest BCUT2D eigenvalue weighted by Gasteiger charge is 2.28. The molecule has 18 heavy (non-hydrogen) atoms. The lowest BCUT2D eigenvalue weighted by Gasteiger charge is -2.22. The summed E-state index contributed by atoms with van der Waals surface area (Å²) in [5, 5.41) is 4.84. The van der Waals surface area contributed by atoms with Crippen LogP contribution in [0.15, 0.2) is 6.20 Å². The standard InChI is InChI=1S/C14H24N2S2/c1-13(2,3)12-16-9-11(18-12)8-15-10-14(4)6-5-7-17-14/h9,15H,5-8,10H2,1-4H3.